The van der Waals surface area contributed by atoms with Crippen LogP contribution in [-0.2, 0) is 6.54 Å². The van der Waals surface area contributed by atoms with Crippen molar-refractivity contribution >= 4 is 5.91 Å². The first-order valence-corrected chi connectivity index (χ1v) is 9.37. The third-order valence-electron chi connectivity index (χ3n) is 4.41. The zero-order valence-electron chi connectivity index (χ0n) is 16.2. The Balaban J connectivity index is 1.36. The average molecular weight is 402 g/mol. The van der Waals surface area contributed by atoms with Crippen molar-refractivity contribution in [2.24, 2.45) is 0 Å². The first-order valence-electron chi connectivity index (χ1n) is 9.37. The number of aryl methyl sites for hydroxylation is 1. The van der Waals surface area contributed by atoms with E-state index in [1.807, 2.05) is 37.3 Å². The zero-order chi connectivity index (χ0) is 20.9. The van der Waals surface area contributed by atoms with Gasteiger partial charge in [-0.2, -0.15) is 5.10 Å². The molecule has 0 aliphatic carbocycles. The molecular weight excluding hydrogens is 383 g/mol. The number of hydrogen-bond acceptors (Lipinski definition) is 4. The van der Waals surface area contributed by atoms with E-state index in [1.54, 1.807) is 29.1 Å². The SMILES string of the molecule is Cc1cc(C(=O)NCc2ccc(Oc3ccc(F)cc3)nc2)nn1-c1ccccc1. The predicted octanol–water partition coefficient (Wildman–Crippen LogP) is 4.44. The van der Waals surface area contributed by atoms with Crippen molar-refractivity contribution in [2.75, 3.05) is 0 Å². The fraction of sp³-hybridized carbons (Fsp3) is 0.0870. The van der Waals surface area contributed by atoms with Crippen molar-refractivity contribution in [3.63, 3.8) is 0 Å². The molecule has 6 nitrogen and oxygen atoms in total. The molecule has 0 fully saturated rings. The molecule has 1 amide bonds. The number of amides is 1. The van der Waals surface area contributed by atoms with Crippen LogP contribution in [0.25, 0.3) is 5.69 Å². The number of benzene rings is 2. The van der Waals surface area contributed by atoms with E-state index in [9.17, 15) is 9.18 Å². The van der Waals surface area contributed by atoms with E-state index in [0.717, 1.165) is 16.9 Å². The van der Waals surface area contributed by atoms with Crippen molar-refractivity contribution < 1.29 is 13.9 Å². The van der Waals surface area contributed by atoms with Gasteiger partial charge < -0.3 is 10.1 Å². The van der Waals surface area contributed by atoms with Crippen molar-refractivity contribution in [1.29, 1.82) is 0 Å². The lowest BCUT2D eigenvalue weighted by molar-refractivity contribution is 0.0945. The van der Waals surface area contributed by atoms with E-state index < -0.39 is 0 Å². The molecule has 4 rings (SSSR count). The maximum absolute atomic E-state index is 12.9. The summed E-state index contributed by atoms with van der Waals surface area (Å²) in [5.74, 6) is 0.285. The van der Waals surface area contributed by atoms with Gasteiger partial charge in [0.15, 0.2) is 5.69 Å². The molecule has 0 atom stereocenters. The number of rotatable bonds is 6. The minimum Gasteiger partial charge on any atom is -0.439 e. The second kappa shape index (κ2) is 8.57. The van der Waals surface area contributed by atoms with Gasteiger partial charge in [0.1, 0.15) is 11.6 Å². The molecule has 150 valence electrons. The van der Waals surface area contributed by atoms with Crippen molar-refractivity contribution in [1.82, 2.24) is 20.1 Å². The average Bonchev–Trinajstić information content (AvgIpc) is 3.17. The predicted molar refractivity (Wildman–Crippen MR) is 110 cm³/mol. The molecule has 0 aliphatic rings. The highest BCUT2D eigenvalue weighted by molar-refractivity contribution is 5.92. The van der Waals surface area contributed by atoms with Crippen LogP contribution in [0.3, 0.4) is 0 Å². The van der Waals surface area contributed by atoms with Gasteiger partial charge in [-0.25, -0.2) is 14.1 Å². The number of aromatic nitrogens is 3. The summed E-state index contributed by atoms with van der Waals surface area (Å²) in [6.45, 7) is 2.21. The van der Waals surface area contributed by atoms with Crippen molar-refractivity contribution in [3.8, 4) is 17.3 Å². The molecule has 2 aromatic carbocycles. The van der Waals surface area contributed by atoms with Crippen LogP contribution in [0.1, 0.15) is 21.7 Å². The van der Waals surface area contributed by atoms with Crippen molar-refractivity contribution in [3.05, 3.63) is 102 Å². The summed E-state index contributed by atoms with van der Waals surface area (Å²) < 4.78 is 20.2. The quantitative estimate of drug-likeness (QED) is 0.518. The topological polar surface area (TPSA) is 69.0 Å². The van der Waals surface area contributed by atoms with Crippen LogP contribution in [0.4, 0.5) is 4.39 Å². The summed E-state index contributed by atoms with van der Waals surface area (Å²) in [7, 11) is 0. The van der Waals surface area contributed by atoms with Crippen LogP contribution in [0.15, 0.2) is 79.0 Å². The molecule has 2 aromatic heterocycles. The Bertz CT molecular complexity index is 1140. The van der Waals surface area contributed by atoms with E-state index >= 15 is 0 Å². The molecule has 7 heteroatoms. The van der Waals surface area contributed by atoms with Gasteiger partial charge >= 0.3 is 0 Å². The lowest BCUT2D eigenvalue weighted by Gasteiger charge is -2.06. The largest absolute Gasteiger partial charge is 0.439 e. The van der Waals surface area contributed by atoms with Gasteiger partial charge in [-0.05, 0) is 55.0 Å². The number of nitrogens with one attached hydrogen (secondary N) is 1. The minimum atomic E-state index is -0.329. The van der Waals surface area contributed by atoms with Crippen LogP contribution in [0.5, 0.6) is 11.6 Å². The fourth-order valence-electron chi connectivity index (χ4n) is 2.89. The first-order chi connectivity index (χ1) is 14.6. The molecule has 0 spiro atoms. The molecule has 1 N–H and O–H groups in total. The second-order valence-electron chi connectivity index (χ2n) is 6.66. The number of para-hydroxylation sites is 1. The molecule has 0 radical (unpaired) electrons. The smallest absolute Gasteiger partial charge is 0.272 e. The van der Waals surface area contributed by atoms with Gasteiger partial charge in [-0.15, -0.1) is 0 Å². The van der Waals surface area contributed by atoms with Crippen LogP contribution in [0.2, 0.25) is 0 Å². The molecular formula is C23H19FN4O2. The maximum Gasteiger partial charge on any atom is 0.272 e. The summed E-state index contributed by atoms with van der Waals surface area (Å²) in [4.78, 5) is 16.7. The summed E-state index contributed by atoms with van der Waals surface area (Å²) in [5.41, 5.74) is 2.93. The second-order valence-corrected chi connectivity index (χ2v) is 6.66. The van der Waals surface area contributed by atoms with Crippen LogP contribution in [0, 0.1) is 12.7 Å². The number of halogens is 1. The number of carbonyl (C=O) groups excluding carboxylic acids is 1. The number of hydrogen-bond donors (Lipinski definition) is 1. The number of ether oxygens (including phenoxy) is 1. The standard InChI is InChI=1S/C23H19FN4O2/c1-16-13-21(27-28(16)19-5-3-2-4-6-19)23(29)26-15-17-7-12-22(25-14-17)30-20-10-8-18(24)9-11-20/h2-14H,15H2,1H3,(H,26,29). The van der Waals surface area contributed by atoms with Gasteiger partial charge in [0.2, 0.25) is 5.88 Å². The van der Waals surface area contributed by atoms with E-state index in [4.69, 9.17) is 4.74 Å². The summed E-state index contributed by atoms with van der Waals surface area (Å²) >= 11 is 0. The summed E-state index contributed by atoms with van der Waals surface area (Å²) in [5, 5.41) is 7.25. The van der Waals surface area contributed by atoms with Gasteiger partial charge in [-0.1, -0.05) is 24.3 Å². The van der Waals surface area contributed by atoms with Gasteiger partial charge in [0.05, 0.1) is 5.69 Å². The highest BCUT2D eigenvalue weighted by Gasteiger charge is 2.13. The highest BCUT2D eigenvalue weighted by atomic mass is 19.1. The van der Waals surface area contributed by atoms with Gasteiger partial charge in [0.25, 0.3) is 5.91 Å². The molecule has 30 heavy (non-hydrogen) atoms. The Morgan fingerprint density at radius 2 is 1.83 bits per heavy atom. The first kappa shape index (κ1) is 19.3. The lowest BCUT2D eigenvalue weighted by atomic mass is 10.2. The maximum atomic E-state index is 12.9. The van der Waals surface area contributed by atoms with E-state index in [2.05, 4.69) is 15.4 Å². The Hall–Kier alpha value is -4.00. The zero-order valence-corrected chi connectivity index (χ0v) is 16.2. The third kappa shape index (κ3) is 4.52. The molecule has 0 bridgehead atoms. The van der Waals surface area contributed by atoms with Crippen LogP contribution in [-0.4, -0.2) is 20.7 Å². The van der Waals surface area contributed by atoms with E-state index in [-0.39, 0.29) is 11.7 Å². The third-order valence-corrected chi connectivity index (χ3v) is 4.41. The lowest BCUT2D eigenvalue weighted by Crippen LogP contribution is -2.23. The fourth-order valence-corrected chi connectivity index (χ4v) is 2.89. The Morgan fingerprint density at radius 3 is 2.53 bits per heavy atom. The summed E-state index contributed by atoms with van der Waals surface area (Å²) in [6.07, 6.45) is 1.62. The number of pyridine rings is 1. The van der Waals surface area contributed by atoms with Gasteiger partial charge in [0, 0.05) is 24.5 Å². The normalized spacial score (nSPS) is 10.6. The molecule has 4 aromatic rings. The van der Waals surface area contributed by atoms with Crippen molar-refractivity contribution in [2.45, 2.75) is 13.5 Å². The van der Waals surface area contributed by atoms with E-state index in [0.29, 0.717) is 23.9 Å². The van der Waals surface area contributed by atoms with Crippen LogP contribution < -0.4 is 10.1 Å². The van der Waals surface area contributed by atoms with E-state index in [1.165, 1.54) is 24.3 Å². The minimum absolute atomic E-state index is 0.264. The molecule has 2 heterocycles. The summed E-state index contributed by atoms with van der Waals surface area (Å²) in [6, 6.07) is 20.6. The number of carbonyl (C=O) groups is 1. The Labute approximate surface area is 173 Å². The Morgan fingerprint density at radius 1 is 1.07 bits per heavy atom. The highest BCUT2D eigenvalue weighted by Crippen LogP contribution is 2.19. The molecule has 0 aliphatic heterocycles. The molecule has 0 saturated heterocycles. The monoisotopic (exact) mass is 402 g/mol. The molecule has 0 saturated carbocycles. The Kier molecular flexibility index (Phi) is 5.52. The number of nitrogens with zero attached hydrogens (tertiary/aromatic N) is 3. The molecule has 0 unspecified atom stereocenters. The van der Waals surface area contributed by atoms with Gasteiger partial charge in [-0.3, -0.25) is 4.79 Å². The van der Waals surface area contributed by atoms with Crippen LogP contribution >= 0.6 is 0 Å².